The van der Waals surface area contributed by atoms with E-state index in [-0.39, 0.29) is 23.5 Å². The standard InChI is InChI=1S/C22H23N3O7S/c1-30-19-6-3-14(11-20(19)31-2)23-22(27)17-13-21(26)24-18-5-4-15(12-16(17)18)33(28,29)25-7-9-32-10-8-25/h3-6,11-13H,7-10H2,1-2H3,(H,23,27)(H,24,26). The molecule has 1 aliphatic rings. The van der Waals surface area contributed by atoms with Gasteiger partial charge in [-0.3, -0.25) is 9.59 Å². The molecule has 2 heterocycles. The summed E-state index contributed by atoms with van der Waals surface area (Å²) in [6.07, 6.45) is 0. The van der Waals surface area contributed by atoms with Crippen LogP contribution >= 0.6 is 0 Å². The van der Waals surface area contributed by atoms with Crippen molar-refractivity contribution in [1.82, 2.24) is 9.29 Å². The summed E-state index contributed by atoms with van der Waals surface area (Å²) in [4.78, 5) is 27.9. The van der Waals surface area contributed by atoms with Crippen LogP contribution < -0.4 is 20.3 Å². The average molecular weight is 474 g/mol. The lowest BCUT2D eigenvalue weighted by molar-refractivity contribution is 0.0730. The summed E-state index contributed by atoms with van der Waals surface area (Å²) in [5.74, 6) is 0.347. The van der Waals surface area contributed by atoms with Gasteiger partial charge in [-0.15, -0.1) is 0 Å². The maximum Gasteiger partial charge on any atom is 0.256 e. The molecular weight excluding hydrogens is 450 g/mol. The Bertz CT molecular complexity index is 1360. The largest absolute Gasteiger partial charge is 0.493 e. The minimum atomic E-state index is -3.78. The highest BCUT2D eigenvalue weighted by Crippen LogP contribution is 2.30. The van der Waals surface area contributed by atoms with Gasteiger partial charge in [-0.25, -0.2) is 8.42 Å². The van der Waals surface area contributed by atoms with Crippen molar-refractivity contribution >= 4 is 32.5 Å². The molecule has 1 aliphatic heterocycles. The van der Waals surface area contributed by atoms with Gasteiger partial charge in [-0.1, -0.05) is 0 Å². The van der Waals surface area contributed by atoms with E-state index in [1.54, 1.807) is 18.2 Å². The van der Waals surface area contributed by atoms with Crippen molar-refractivity contribution in [3.8, 4) is 11.5 Å². The van der Waals surface area contributed by atoms with Crippen molar-refractivity contribution < 1.29 is 27.4 Å². The Morgan fingerprint density at radius 2 is 1.76 bits per heavy atom. The molecular formula is C22H23N3O7S. The highest BCUT2D eigenvalue weighted by molar-refractivity contribution is 7.89. The first-order valence-electron chi connectivity index (χ1n) is 10.1. The number of hydrogen-bond donors (Lipinski definition) is 2. The predicted octanol–water partition coefficient (Wildman–Crippen LogP) is 1.82. The number of carbonyl (C=O) groups excluding carboxylic acids is 1. The normalized spacial score (nSPS) is 14.7. The number of fused-ring (bicyclic) bond motifs is 1. The Hall–Kier alpha value is -3.41. The van der Waals surface area contributed by atoms with E-state index in [0.717, 1.165) is 6.07 Å². The van der Waals surface area contributed by atoms with E-state index in [4.69, 9.17) is 14.2 Å². The van der Waals surface area contributed by atoms with Crippen molar-refractivity contribution in [3.05, 3.63) is 58.4 Å². The number of rotatable bonds is 6. The Balaban J connectivity index is 1.73. The van der Waals surface area contributed by atoms with E-state index >= 15 is 0 Å². The second kappa shape index (κ2) is 9.22. The quantitative estimate of drug-likeness (QED) is 0.559. The SMILES string of the molecule is COc1ccc(NC(=O)c2cc(=O)[nH]c3ccc(S(=O)(=O)N4CCOCC4)cc23)cc1OC. The first-order valence-corrected chi connectivity index (χ1v) is 11.6. The van der Waals surface area contributed by atoms with Gasteiger partial charge in [0, 0.05) is 41.8 Å². The van der Waals surface area contributed by atoms with Gasteiger partial charge < -0.3 is 24.5 Å². The van der Waals surface area contributed by atoms with Crippen LogP contribution in [-0.2, 0) is 14.8 Å². The maximum atomic E-state index is 13.1. The third-order valence-electron chi connectivity index (χ3n) is 5.31. The van der Waals surface area contributed by atoms with Crippen LogP contribution in [0.25, 0.3) is 10.9 Å². The summed E-state index contributed by atoms with van der Waals surface area (Å²) in [5, 5.41) is 3.03. The number of hydrogen-bond acceptors (Lipinski definition) is 7. The number of benzene rings is 2. The van der Waals surface area contributed by atoms with Crippen LogP contribution in [0.3, 0.4) is 0 Å². The van der Waals surface area contributed by atoms with E-state index in [1.807, 2.05) is 0 Å². The molecule has 0 radical (unpaired) electrons. The number of nitrogens with zero attached hydrogens (tertiary/aromatic N) is 1. The summed E-state index contributed by atoms with van der Waals surface area (Å²) in [7, 11) is -0.805. The van der Waals surface area contributed by atoms with E-state index in [0.29, 0.717) is 41.3 Å². The van der Waals surface area contributed by atoms with Crippen molar-refractivity contribution in [2.75, 3.05) is 45.8 Å². The maximum absolute atomic E-state index is 13.1. The van der Waals surface area contributed by atoms with Gasteiger partial charge in [-0.05, 0) is 30.3 Å². The lowest BCUT2D eigenvalue weighted by Gasteiger charge is -2.26. The number of carbonyl (C=O) groups is 1. The van der Waals surface area contributed by atoms with Crippen LogP contribution in [0.5, 0.6) is 11.5 Å². The molecule has 4 rings (SSSR count). The summed E-state index contributed by atoms with van der Waals surface area (Å²) < 4.78 is 43.2. The molecule has 1 fully saturated rings. The first-order chi connectivity index (χ1) is 15.8. The Morgan fingerprint density at radius 3 is 2.45 bits per heavy atom. The highest BCUT2D eigenvalue weighted by atomic mass is 32.2. The minimum absolute atomic E-state index is 0.0316. The van der Waals surface area contributed by atoms with Crippen LogP contribution in [0, 0.1) is 0 Å². The van der Waals surface area contributed by atoms with E-state index in [1.165, 1.54) is 36.7 Å². The van der Waals surface area contributed by atoms with Gasteiger partial charge >= 0.3 is 0 Å². The molecule has 1 aromatic heterocycles. The summed E-state index contributed by atoms with van der Waals surface area (Å²) >= 11 is 0. The van der Waals surface area contributed by atoms with Gasteiger partial charge in [0.2, 0.25) is 15.6 Å². The molecule has 0 aliphatic carbocycles. The molecule has 33 heavy (non-hydrogen) atoms. The number of morpholine rings is 1. The first kappa shape index (κ1) is 22.8. The van der Waals surface area contributed by atoms with Crippen molar-refractivity contribution in [2.45, 2.75) is 4.90 Å². The molecule has 2 aromatic carbocycles. The number of sulfonamides is 1. The van der Waals surface area contributed by atoms with Crippen LogP contribution in [0.15, 0.2) is 52.2 Å². The fourth-order valence-corrected chi connectivity index (χ4v) is 5.06. The zero-order valence-electron chi connectivity index (χ0n) is 18.1. The van der Waals surface area contributed by atoms with Crippen LogP contribution in [0.2, 0.25) is 0 Å². The molecule has 174 valence electrons. The van der Waals surface area contributed by atoms with Crippen LogP contribution in [-0.4, -0.2) is 64.1 Å². The molecule has 0 bridgehead atoms. The van der Waals surface area contributed by atoms with Crippen molar-refractivity contribution in [1.29, 1.82) is 0 Å². The number of aromatic amines is 1. The van der Waals surface area contributed by atoms with Gasteiger partial charge in [-0.2, -0.15) is 4.31 Å². The van der Waals surface area contributed by atoms with Gasteiger partial charge in [0.15, 0.2) is 11.5 Å². The summed E-state index contributed by atoms with van der Waals surface area (Å²) in [5.41, 5.74) is 0.329. The van der Waals surface area contributed by atoms with Gasteiger partial charge in [0.1, 0.15) is 0 Å². The summed E-state index contributed by atoms with van der Waals surface area (Å²) in [6, 6.07) is 10.3. The van der Waals surface area contributed by atoms with Crippen LogP contribution in [0.1, 0.15) is 10.4 Å². The summed E-state index contributed by atoms with van der Waals surface area (Å²) in [6.45, 7) is 1.13. The number of nitrogens with one attached hydrogen (secondary N) is 2. The van der Waals surface area contributed by atoms with E-state index < -0.39 is 21.5 Å². The second-order valence-corrected chi connectivity index (χ2v) is 9.23. The third-order valence-corrected chi connectivity index (χ3v) is 7.20. The number of amides is 1. The Kier molecular flexibility index (Phi) is 6.36. The average Bonchev–Trinajstić information content (AvgIpc) is 2.83. The van der Waals surface area contributed by atoms with Crippen molar-refractivity contribution in [3.63, 3.8) is 0 Å². The molecule has 11 heteroatoms. The minimum Gasteiger partial charge on any atom is -0.493 e. The highest BCUT2D eigenvalue weighted by Gasteiger charge is 2.27. The Morgan fingerprint density at radius 1 is 1.03 bits per heavy atom. The Labute approximate surface area is 190 Å². The monoisotopic (exact) mass is 473 g/mol. The smallest absolute Gasteiger partial charge is 0.256 e. The number of anilines is 1. The number of H-pyrrole nitrogens is 1. The molecule has 0 unspecified atom stereocenters. The lowest BCUT2D eigenvalue weighted by Crippen LogP contribution is -2.40. The molecule has 3 aromatic rings. The fraction of sp³-hybridized carbons (Fsp3) is 0.273. The molecule has 10 nitrogen and oxygen atoms in total. The molecule has 0 saturated carbocycles. The zero-order valence-corrected chi connectivity index (χ0v) is 18.9. The number of pyridine rings is 1. The number of methoxy groups -OCH3 is 2. The van der Waals surface area contributed by atoms with Gasteiger partial charge in [0.05, 0.1) is 37.9 Å². The van der Waals surface area contributed by atoms with E-state index in [9.17, 15) is 18.0 Å². The van der Waals surface area contributed by atoms with Crippen molar-refractivity contribution in [2.24, 2.45) is 0 Å². The molecule has 1 amide bonds. The topological polar surface area (TPSA) is 127 Å². The predicted molar refractivity (Wildman–Crippen MR) is 122 cm³/mol. The third kappa shape index (κ3) is 4.56. The molecule has 2 N–H and O–H groups in total. The lowest BCUT2D eigenvalue weighted by atomic mass is 10.1. The zero-order chi connectivity index (χ0) is 23.6. The second-order valence-electron chi connectivity index (χ2n) is 7.29. The number of aromatic nitrogens is 1. The van der Waals surface area contributed by atoms with Crippen LogP contribution in [0.4, 0.5) is 5.69 Å². The van der Waals surface area contributed by atoms with E-state index in [2.05, 4.69) is 10.3 Å². The molecule has 1 saturated heterocycles. The number of ether oxygens (including phenoxy) is 3. The van der Waals surface area contributed by atoms with Gasteiger partial charge in [0.25, 0.3) is 5.91 Å². The molecule has 0 atom stereocenters. The fourth-order valence-electron chi connectivity index (χ4n) is 3.63. The molecule has 0 spiro atoms.